The Labute approximate surface area is 119 Å². The van der Waals surface area contributed by atoms with Gasteiger partial charge in [-0.1, -0.05) is 13.0 Å². The van der Waals surface area contributed by atoms with Crippen molar-refractivity contribution in [2.75, 3.05) is 0 Å². The van der Waals surface area contributed by atoms with Crippen LogP contribution in [0.25, 0.3) is 0 Å². The van der Waals surface area contributed by atoms with Crippen LogP contribution in [0.1, 0.15) is 56.1 Å². The normalized spacial score (nSPS) is 39.1. The van der Waals surface area contributed by atoms with E-state index in [-0.39, 0.29) is 11.2 Å². The summed E-state index contributed by atoms with van der Waals surface area (Å²) in [5.41, 5.74) is 2.52. The summed E-state index contributed by atoms with van der Waals surface area (Å²) in [5.74, 6) is 2.14. The van der Waals surface area contributed by atoms with E-state index >= 15 is 0 Å². The fraction of sp³-hybridized carbons (Fsp3) is 0.611. The maximum absolute atomic E-state index is 13.4. The molecule has 2 heteroatoms. The van der Waals surface area contributed by atoms with Crippen molar-refractivity contribution >= 4 is 5.78 Å². The monoisotopic (exact) mass is 271 g/mol. The Morgan fingerprint density at radius 2 is 2.05 bits per heavy atom. The second-order valence-electron chi connectivity index (χ2n) is 7.18. The third kappa shape index (κ3) is 1.57. The average molecular weight is 271 g/mol. The minimum atomic E-state index is -0.112. The van der Waals surface area contributed by atoms with Crippen molar-refractivity contribution in [1.29, 1.82) is 0 Å². The van der Waals surface area contributed by atoms with Gasteiger partial charge in [-0.25, -0.2) is 4.39 Å². The summed E-state index contributed by atoms with van der Waals surface area (Å²) in [6, 6.07) is 5.33. The molecule has 1 nitrogen and oxygen atoms in total. The van der Waals surface area contributed by atoms with Crippen LogP contribution in [0.2, 0.25) is 0 Å². The standard InChI is InChI=1S/C18H21FO/c1-18-9-8-14-13-5-3-12(19)10-11(13)2-4-15(14)16(18)6-7-17(18)20/h3,5,10,14-16H,2,4,6-9H2,1H3/i19-1. The van der Waals surface area contributed by atoms with E-state index in [9.17, 15) is 9.18 Å². The summed E-state index contributed by atoms with van der Waals surface area (Å²) in [4.78, 5) is 12.2. The number of hydrogen-bond donors (Lipinski definition) is 0. The number of aryl methyl sites for hydroxylation is 1. The van der Waals surface area contributed by atoms with Crippen molar-refractivity contribution in [2.45, 2.75) is 51.4 Å². The summed E-state index contributed by atoms with van der Waals surface area (Å²) >= 11 is 0. The van der Waals surface area contributed by atoms with E-state index in [1.807, 2.05) is 6.07 Å². The molecular weight excluding hydrogens is 250 g/mol. The summed E-state index contributed by atoms with van der Waals surface area (Å²) in [5, 5.41) is 0. The first kappa shape index (κ1) is 12.6. The van der Waals surface area contributed by atoms with E-state index in [1.54, 1.807) is 12.1 Å². The van der Waals surface area contributed by atoms with Crippen molar-refractivity contribution in [1.82, 2.24) is 0 Å². The van der Waals surface area contributed by atoms with Gasteiger partial charge in [-0.3, -0.25) is 4.79 Å². The molecule has 4 rings (SSSR count). The Morgan fingerprint density at radius 1 is 1.20 bits per heavy atom. The zero-order valence-electron chi connectivity index (χ0n) is 12.0. The third-order valence-electron chi connectivity index (χ3n) is 6.40. The Bertz CT molecular complexity index is 579. The van der Waals surface area contributed by atoms with Crippen LogP contribution in [-0.4, -0.2) is 5.78 Å². The van der Waals surface area contributed by atoms with E-state index < -0.39 is 0 Å². The van der Waals surface area contributed by atoms with Gasteiger partial charge in [0.05, 0.1) is 0 Å². The van der Waals surface area contributed by atoms with E-state index in [1.165, 1.54) is 11.1 Å². The molecule has 0 bridgehead atoms. The molecule has 0 aromatic heterocycles. The predicted octanol–water partition coefficient (Wildman–Crippen LogP) is 4.25. The van der Waals surface area contributed by atoms with Gasteiger partial charge in [0, 0.05) is 11.8 Å². The van der Waals surface area contributed by atoms with Crippen molar-refractivity contribution in [3.8, 4) is 0 Å². The second-order valence-corrected chi connectivity index (χ2v) is 7.18. The molecule has 106 valence electrons. The second kappa shape index (κ2) is 4.16. The number of benzene rings is 1. The zero-order chi connectivity index (χ0) is 13.9. The first-order valence-electron chi connectivity index (χ1n) is 7.91. The van der Waals surface area contributed by atoms with Crippen molar-refractivity contribution < 1.29 is 9.18 Å². The lowest BCUT2D eigenvalue weighted by atomic mass is 9.55. The van der Waals surface area contributed by atoms with Gasteiger partial charge in [0.1, 0.15) is 11.6 Å². The summed E-state index contributed by atoms with van der Waals surface area (Å²) in [6.45, 7) is 2.20. The molecule has 0 saturated heterocycles. The Hall–Kier alpha value is -1.18. The number of rotatable bonds is 0. The van der Waals surface area contributed by atoms with Gasteiger partial charge in [-0.05, 0) is 73.1 Å². The van der Waals surface area contributed by atoms with Crippen molar-refractivity contribution in [2.24, 2.45) is 17.3 Å². The lowest BCUT2D eigenvalue weighted by molar-refractivity contribution is -0.129. The average Bonchev–Trinajstić information content (AvgIpc) is 2.74. The zero-order valence-corrected chi connectivity index (χ0v) is 12.0. The highest BCUT2D eigenvalue weighted by Gasteiger charge is 2.54. The molecule has 3 aliphatic rings. The molecule has 0 spiro atoms. The van der Waals surface area contributed by atoms with Crippen molar-refractivity contribution in [3.63, 3.8) is 0 Å². The highest BCUT2D eigenvalue weighted by molar-refractivity contribution is 5.87. The van der Waals surface area contributed by atoms with Crippen LogP contribution in [0.5, 0.6) is 0 Å². The first-order chi connectivity index (χ1) is 9.59. The molecule has 0 heterocycles. The largest absolute Gasteiger partial charge is 0.299 e. The van der Waals surface area contributed by atoms with Crippen LogP contribution in [0.4, 0.5) is 4.39 Å². The molecule has 3 aliphatic carbocycles. The fourth-order valence-electron chi connectivity index (χ4n) is 5.32. The molecule has 4 unspecified atom stereocenters. The fourth-order valence-corrected chi connectivity index (χ4v) is 5.32. The number of halogens is 1. The van der Waals surface area contributed by atoms with E-state index in [4.69, 9.17) is 0 Å². The molecule has 2 saturated carbocycles. The minimum Gasteiger partial charge on any atom is -0.299 e. The minimum absolute atomic E-state index is 0.0568. The van der Waals surface area contributed by atoms with Crippen LogP contribution >= 0.6 is 0 Å². The van der Waals surface area contributed by atoms with E-state index in [2.05, 4.69) is 6.92 Å². The molecule has 0 aliphatic heterocycles. The van der Waals surface area contributed by atoms with Gasteiger partial charge in [-0.2, -0.15) is 0 Å². The quantitative estimate of drug-likeness (QED) is 0.689. The van der Waals surface area contributed by atoms with Crippen LogP contribution < -0.4 is 0 Å². The van der Waals surface area contributed by atoms with Gasteiger partial charge < -0.3 is 0 Å². The smallest absolute Gasteiger partial charge is 0.139 e. The number of carbonyl (C=O) groups is 1. The molecule has 1 aromatic rings. The van der Waals surface area contributed by atoms with Crippen LogP contribution in [0.3, 0.4) is 0 Å². The van der Waals surface area contributed by atoms with Crippen LogP contribution in [-0.2, 0) is 11.2 Å². The Balaban J connectivity index is 1.73. The lowest BCUT2D eigenvalue weighted by Crippen LogP contribution is -2.42. The van der Waals surface area contributed by atoms with E-state index in [0.717, 1.165) is 38.5 Å². The maximum Gasteiger partial charge on any atom is 0.139 e. The first-order valence-corrected chi connectivity index (χ1v) is 7.91. The summed E-state index contributed by atoms with van der Waals surface area (Å²) in [7, 11) is 0. The predicted molar refractivity (Wildman–Crippen MR) is 76.0 cm³/mol. The maximum atomic E-state index is 13.4. The van der Waals surface area contributed by atoms with E-state index in [0.29, 0.717) is 23.5 Å². The molecule has 2 fully saturated rings. The summed E-state index contributed by atoms with van der Waals surface area (Å²) in [6.07, 6.45) is 6.09. The lowest BCUT2D eigenvalue weighted by Gasteiger charge is -2.48. The Morgan fingerprint density at radius 3 is 2.90 bits per heavy atom. The topological polar surface area (TPSA) is 17.1 Å². The van der Waals surface area contributed by atoms with Crippen LogP contribution in [0, 0.1) is 23.1 Å². The van der Waals surface area contributed by atoms with Gasteiger partial charge in [-0.15, -0.1) is 0 Å². The van der Waals surface area contributed by atoms with Crippen LogP contribution in [0.15, 0.2) is 18.2 Å². The third-order valence-corrected chi connectivity index (χ3v) is 6.40. The SMILES string of the molecule is CC12CCC3c4ccc([18F])cc4CCC3C1CCC2=O. The number of ketones is 1. The molecule has 1 aromatic carbocycles. The van der Waals surface area contributed by atoms with Gasteiger partial charge in [0.2, 0.25) is 0 Å². The van der Waals surface area contributed by atoms with Crippen molar-refractivity contribution in [3.05, 3.63) is 35.1 Å². The number of carbonyl (C=O) groups excluding carboxylic acids is 1. The number of Topliss-reactive ketones (excluding diaryl/α,β-unsaturated/α-hetero) is 1. The highest BCUT2D eigenvalue weighted by Crippen LogP contribution is 2.59. The Kier molecular flexibility index (Phi) is 2.61. The molecular formula is C18H21FO. The highest BCUT2D eigenvalue weighted by atomic mass is 18.2. The molecule has 20 heavy (non-hydrogen) atoms. The number of fused-ring (bicyclic) bond motifs is 5. The summed E-state index contributed by atoms with van der Waals surface area (Å²) < 4.78 is 13.4. The molecule has 4 atom stereocenters. The van der Waals surface area contributed by atoms with Gasteiger partial charge in [0.15, 0.2) is 0 Å². The van der Waals surface area contributed by atoms with Gasteiger partial charge >= 0.3 is 0 Å². The molecule has 0 amide bonds. The van der Waals surface area contributed by atoms with Gasteiger partial charge in [0.25, 0.3) is 0 Å². The molecule has 0 N–H and O–H groups in total. The molecule has 0 radical (unpaired) electrons. The number of hydrogen-bond acceptors (Lipinski definition) is 1.